The molecule has 1 atom stereocenters. The monoisotopic (exact) mass is 218 g/mol. The summed E-state index contributed by atoms with van der Waals surface area (Å²) in [5.74, 6) is 1.75. The fourth-order valence-corrected chi connectivity index (χ4v) is 2.56. The van der Waals surface area contributed by atoms with Gasteiger partial charge in [-0.3, -0.25) is 9.20 Å². The van der Waals surface area contributed by atoms with Gasteiger partial charge in [-0.2, -0.15) is 0 Å². The number of hydrogen-bond acceptors (Lipinski definition) is 3. The van der Waals surface area contributed by atoms with Gasteiger partial charge < -0.3 is 16.4 Å². The first-order valence-corrected chi connectivity index (χ1v) is 6.30. The number of rotatable bonds is 3. The Hall–Kier alpha value is -0.620. The minimum absolute atomic E-state index is 0.142. The van der Waals surface area contributed by atoms with E-state index in [0.29, 0.717) is 6.54 Å². The molecule has 1 fully saturated rings. The first-order chi connectivity index (χ1) is 6.68. The van der Waals surface area contributed by atoms with Gasteiger partial charge >= 0.3 is 0 Å². The molecule has 0 spiro atoms. The smallest absolute Gasteiger partial charge is 0.185 e. The van der Waals surface area contributed by atoms with Crippen molar-refractivity contribution in [1.82, 2.24) is 4.90 Å². The van der Waals surface area contributed by atoms with Crippen LogP contribution in [-0.2, 0) is 10.8 Å². The summed E-state index contributed by atoms with van der Waals surface area (Å²) in [6, 6.07) is 0. The van der Waals surface area contributed by atoms with E-state index in [2.05, 4.69) is 9.89 Å². The topological polar surface area (TPSA) is 84.7 Å². The molecule has 0 aromatic heterocycles. The second-order valence-electron chi connectivity index (χ2n) is 3.35. The molecule has 0 bridgehead atoms. The quantitative estimate of drug-likeness (QED) is 0.456. The number of nitrogens with zero attached hydrogens (tertiary/aromatic N) is 2. The van der Waals surface area contributed by atoms with Gasteiger partial charge in [-0.1, -0.05) is 0 Å². The Morgan fingerprint density at radius 1 is 1.36 bits per heavy atom. The predicted octanol–water partition coefficient (Wildman–Crippen LogP) is -1.29. The number of aliphatic imine (C=N–C) groups is 1. The summed E-state index contributed by atoms with van der Waals surface area (Å²) in [4.78, 5) is 6.18. The third-order valence-electron chi connectivity index (χ3n) is 2.19. The van der Waals surface area contributed by atoms with E-state index in [-0.39, 0.29) is 5.96 Å². The van der Waals surface area contributed by atoms with Crippen molar-refractivity contribution in [3.05, 3.63) is 0 Å². The molecule has 1 saturated heterocycles. The van der Waals surface area contributed by atoms with Crippen molar-refractivity contribution in [3.8, 4) is 0 Å². The minimum atomic E-state index is -0.619. The highest BCUT2D eigenvalue weighted by Gasteiger charge is 2.11. The second kappa shape index (κ2) is 5.98. The molecule has 0 radical (unpaired) electrons. The van der Waals surface area contributed by atoms with Gasteiger partial charge in [-0.05, 0) is 13.0 Å². The minimum Gasteiger partial charge on any atom is -0.370 e. The molecule has 14 heavy (non-hydrogen) atoms. The SMILES string of the molecule is NC(N)=NCCN1CCCS(=O)CC1. The first kappa shape index (κ1) is 11.5. The summed E-state index contributed by atoms with van der Waals surface area (Å²) in [7, 11) is -0.619. The van der Waals surface area contributed by atoms with Gasteiger partial charge in [-0.15, -0.1) is 0 Å². The second-order valence-corrected chi connectivity index (χ2v) is 5.05. The van der Waals surface area contributed by atoms with Gasteiger partial charge in [0.2, 0.25) is 0 Å². The molecule has 1 heterocycles. The van der Waals surface area contributed by atoms with Crippen molar-refractivity contribution in [1.29, 1.82) is 0 Å². The van der Waals surface area contributed by atoms with Gasteiger partial charge in [-0.25, -0.2) is 0 Å². The van der Waals surface area contributed by atoms with E-state index in [4.69, 9.17) is 11.5 Å². The van der Waals surface area contributed by atoms with E-state index in [1.807, 2.05) is 0 Å². The molecule has 1 unspecified atom stereocenters. The zero-order valence-electron chi connectivity index (χ0n) is 8.32. The molecular formula is C8H18N4OS. The summed E-state index contributed by atoms with van der Waals surface area (Å²) >= 11 is 0. The zero-order valence-corrected chi connectivity index (χ0v) is 9.13. The van der Waals surface area contributed by atoms with Crippen LogP contribution in [0.4, 0.5) is 0 Å². The fourth-order valence-electron chi connectivity index (χ4n) is 1.44. The molecule has 1 rings (SSSR count). The van der Waals surface area contributed by atoms with Crippen LogP contribution >= 0.6 is 0 Å². The lowest BCUT2D eigenvalue weighted by Crippen LogP contribution is -2.30. The average Bonchev–Trinajstić information content (AvgIpc) is 2.30. The summed E-state index contributed by atoms with van der Waals surface area (Å²) in [5, 5.41) is 0. The number of guanidine groups is 1. The van der Waals surface area contributed by atoms with Gasteiger partial charge in [0.15, 0.2) is 5.96 Å². The molecule has 1 aliphatic heterocycles. The van der Waals surface area contributed by atoms with E-state index in [1.165, 1.54) is 0 Å². The lowest BCUT2D eigenvalue weighted by Gasteiger charge is -2.17. The maximum absolute atomic E-state index is 11.2. The maximum atomic E-state index is 11.2. The van der Waals surface area contributed by atoms with Crippen LogP contribution in [0.5, 0.6) is 0 Å². The van der Waals surface area contributed by atoms with Gasteiger partial charge in [0, 0.05) is 35.4 Å². The van der Waals surface area contributed by atoms with Gasteiger partial charge in [0.25, 0.3) is 0 Å². The Balaban J connectivity index is 2.24. The number of nitrogens with two attached hydrogens (primary N) is 2. The van der Waals surface area contributed by atoms with Crippen molar-refractivity contribution in [3.63, 3.8) is 0 Å². The van der Waals surface area contributed by atoms with E-state index in [1.54, 1.807) is 0 Å². The fraction of sp³-hybridized carbons (Fsp3) is 0.875. The Morgan fingerprint density at radius 2 is 2.14 bits per heavy atom. The summed E-state index contributed by atoms with van der Waals surface area (Å²) in [5.41, 5.74) is 10.4. The highest BCUT2D eigenvalue weighted by molar-refractivity contribution is 7.85. The van der Waals surface area contributed by atoms with Crippen LogP contribution in [0.3, 0.4) is 0 Å². The van der Waals surface area contributed by atoms with Crippen LogP contribution in [-0.4, -0.2) is 52.8 Å². The maximum Gasteiger partial charge on any atom is 0.185 e. The van der Waals surface area contributed by atoms with Crippen molar-refractivity contribution in [2.75, 3.05) is 37.7 Å². The Bertz CT molecular complexity index is 227. The number of hydrogen-bond donors (Lipinski definition) is 2. The normalized spacial score (nSPS) is 24.1. The Morgan fingerprint density at radius 3 is 2.86 bits per heavy atom. The van der Waals surface area contributed by atoms with Crippen LogP contribution < -0.4 is 11.5 Å². The van der Waals surface area contributed by atoms with E-state index < -0.39 is 10.8 Å². The largest absolute Gasteiger partial charge is 0.370 e. The lowest BCUT2D eigenvalue weighted by molar-refractivity contribution is 0.304. The van der Waals surface area contributed by atoms with Gasteiger partial charge in [0.05, 0.1) is 6.54 Å². The molecule has 82 valence electrons. The van der Waals surface area contributed by atoms with Crippen LogP contribution in [0, 0.1) is 0 Å². The van der Waals surface area contributed by atoms with E-state index in [0.717, 1.165) is 37.6 Å². The lowest BCUT2D eigenvalue weighted by atomic mass is 10.4. The Labute approximate surface area is 87.0 Å². The molecule has 0 aromatic carbocycles. The molecule has 0 aromatic rings. The highest BCUT2D eigenvalue weighted by atomic mass is 32.2. The van der Waals surface area contributed by atoms with E-state index >= 15 is 0 Å². The van der Waals surface area contributed by atoms with Crippen LogP contribution in [0.15, 0.2) is 4.99 Å². The molecule has 6 heteroatoms. The molecular weight excluding hydrogens is 200 g/mol. The van der Waals surface area contributed by atoms with Crippen LogP contribution in [0.25, 0.3) is 0 Å². The molecule has 0 aliphatic carbocycles. The first-order valence-electron chi connectivity index (χ1n) is 4.81. The van der Waals surface area contributed by atoms with Crippen molar-refractivity contribution in [2.24, 2.45) is 16.5 Å². The van der Waals surface area contributed by atoms with E-state index in [9.17, 15) is 4.21 Å². The predicted molar refractivity (Wildman–Crippen MR) is 59.6 cm³/mol. The van der Waals surface area contributed by atoms with Crippen molar-refractivity contribution < 1.29 is 4.21 Å². The summed E-state index contributed by atoms with van der Waals surface area (Å²) in [6.45, 7) is 3.39. The average molecular weight is 218 g/mol. The summed E-state index contributed by atoms with van der Waals surface area (Å²) < 4.78 is 11.2. The van der Waals surface area contributed by atoms with Crippen LogP contribution in [0.2, 0.25) is 0 Å². The van der Waals surface area contributed by atoms with Crippen molar-refractivity contribution >= 4 is 16.8 Å². The summed E-state index contributed by atoms with van der Waals surface area (Å²) in [6.07, 6.45) is 1.01. The Kier molecular flexibility index (Phi) is 4.89. The third-order valence-corrected chi connectivity index (χ3v) is 3.57. The molecule has 1 aliphatic rings. The van der Waals surface area contributed by atoms with Crippen LogP contribution in [0.1, 0.15) is 6.42 Å². The molecule has 0 amide bonds. The zero-order chi connectivity index (χ0) is 10.4. The standard InChI is InChI=1S/C8H18N4OS/c9-8(10)11-2-4-12-3-1-6-14(13)7-5-12/h1-7H2,(H4,9,10,11). The molecule has 5 nitrogen and oxygen atoms in total. The molecule has 4 N–H and O–H groups in total. The van der Waals surface area contributed by atoms with Gasteiger partial charge in [0.1, 0.15) is 0 Å². The highest BCUT2D eigenvalue weighted by Crippen LogP contribution is 2.00. The third kappa shape index (κ3) is 4.57. The van der Waals surface area contributed by atoms with Crippen molar-refractivity contribution in [2.45, 2.75) is 6.42 Å². The molecule has 0 saturated carbocycles.